The summed E-state index contributed by atoms with van der Waals surface area (Å²) in [6.45, 7) is 9.47. The van der Waals surface area contributed by atoms with Crippen LogP contribution in [0.4, 0.5) is 4.39 Å². The van der Waals surface area contributed by atoms with Crippen LogP contribution in [-0.4, -0.2) is 50.5 Å². The number of fused-ring (bicyclic) bond motifs is 1. The van der Waals surface area contributed by atoms with Crippen LogP contribution in [0, 0.1) is 12.3 Å². The molecule has 4 rings (SSSR count). The molecule has 5 nitrogen and oxygen atoms in total. The second-order valence-corrected chi connectivity index (χ2v) is 9.76. The Bertz CT molecular complexity index is 1110. The number of benzene rings is 1. The molecule has 0 amide bonds. The third-order valence-corrected chi connectivity index (χ3v) is 5.78. The third-order valence-electron chi connectivity index (χ3n) is 5.78. The van der Waals surface area contributed by atoms with Crippen molar-refractivity contribution in [2.45, 2.75) is 39.8 Å². The first-order valence-corrected chi connectivity index (χ1v) is 10.4. The molecule has 30 heavy (non-hydrogen) atoms. The molecule has 6 heteroatoms. The molecule has 1 aliphatic heterocycles. The van der Waals surface area contributed by atoms with Crippen LogP contribution in [0.25, 0.3) is 22.0 Å². The van der Waals surface area contributed by atoms with Gasteiger partial charge in [0.15, 0.2) is 11.5 Å². The van der Waals surface area contributed by atoms with Gasteiger partial charge in [-0.25, -0.2) is 9.37 Å². The Morgan fingerprint density at radius 2 is 1.87 bits per heavy atom. The number of imidazole rings is 1. The highest BCUT2D eigenvalue weighted by molar-refractivity contribution is 5.92. The van der Waals surface area contributed by atoms with Crippen molar-refractivity contribution in [3.8, 4) is 11.3 Å². The van der Waals surface area contributed by atoms with E-state index >= 15 is 4.39 Å². The monoisotopic (exact) mass is 408 g/mol. The summed E-state index contributed by atoms with van der Waals surface area (Å²) in [7, 11) is 1.99. The lowest BCUT2D eigenvalue weighted by Gasteiger charge is -2.45. The molecule has 0 aliphatic carbocycles. The summed E-state index contributed by atoms with van der Waals surface area (Å²) in [5.41, 5.74) is 1.02. The number of hydrogen-bond donors (Lipinski definition) is 0. The predicted molar refractivity (Wildman–Crippen MR) is 117 cm³/mol. The molecule has 0 spiro atoms. The lowest BCUT2D eigenvalue weighted by Crippen LogP contribution is -2.64. The Labute approximate surface area is 176 Å². The number of aromatic nitrogens is 3. The Morgan fingerprint density at radius 1 is 1.13 bits per heavy atom. The summed E-state index contributed by atoms with van der Waals surface area (Å²) in [5, 5.41) is 1.98. The molecule has 0 atom stereocenters. The van der Waals surface area contributed by atoms with Crippen LogP contribution in [0.5, 0.6) is 0 Å². The second-order valence-electron chi connectivity index (χ2n) is 9.76. The molecule has 2 aromatic heterocycles. The SMILES string of the molecule is Cc1ncc(-c2ccc3cnc(CC(=O)C4(F)CN(CC(C)(C)C)C4)cc3c2)n1C. The average molecular weight is 409 g/mol. The van der Waals surface area contributed by atoms with Crippen LogP contribution < -0.4 is 0 Å². The van der Waals surface area contributed by atoms with Crippen molar-refractivity contribution in [3.63, 3.8) is 0 Å². The van der Waals surface area contributed by atoms with Gasteiger partial charge >= 0.3 is 0 Å². The fourth-order valence-electron chi connectivity index (χ4n) is 4.16. The minimum Gasteiger partial charge on any atom is -0.331 e. The predicted octanol–water partition coefficient (Wildman–Crippen LogP) is 4.13. The molecule has 1 fully saturated rings. The maximum Gasteiger partial charge on any atom is 0.194 e. The summed E-state index contributed by atoms with van der Waals surface area (Å²) < 4.78 is 17.1. The van der Waals surface area contributed by atoms with Crippen molar-refractivity contribution in [2.24, 2.45) is 12.5 Å². The zero-order valence-electron chi connectivity index (χ0n) is 18.4. The first-order valence-electron chi connectivity index (χ1n) is 10.4. The van der Waals surface area contributed by atoms with Crippen molar-refractivity contribution in [2.75, 3.05) is 19.6 Å². The van der Waals surface area contributed by atoms with Crippen LogP contribution in [-0.2, 0) is 18.3 Å². The number of rotatable bonds is 5. The number of ketones is 1. The van der Waals surface area contributed by atoms with E-state index in [1.165, 1.54) is 0 Å². The van der Waals surface area contributed by atoms with Gasteiger partial charge in [-0.1, -0.05) is 32.9 Å². The molecule has 0 bridgehead atoms. The minimum absolute atomic E-state index is 0.0187. The van der Waals surface area contributed by atoms with Crippen LogP contribution in [0.2, 0.25) is 0 Å². The highest BCUT2D eigenvalue weighted by Gasteiger charge is 2.49. The smallest absolute Gasteiger partial charge is 0.194 e. The van der Waals surface area contributed by atoms with Gasteiger partial charge in [0.25, 0.3) is 0 Å². The maximum atomic E-state index is 15.0. The Balaban J connectivity index is 1.51. The van der Waals surface area contributed by atoms with E-state index in [0.717, 1.165) is 34.4 Å². The van der Waals surface area contributed by atoms with E-state index in [2.05, 4.69) is 36.8 Å². The van der Waals surface area contributed by atoms with Gasteiger partial charge in [-0.2, -0.15) is 0 Å². The van der Waals surface area contributed by atoms with Gasteiger partial charge in [-0.05, 0) is 29.9 Å². The normalized spacial score (nSPS) is 16.6. The number of nitrogens with zero attached hydrogens (tertiary/aromatic N) is 4. The third kappa shape index (κ3) is 4.01. The Kier molecular flexibility index (Phi) is 5.01. The molecule has 0 saturated carbocycles. The van der Waals surface area contributed by atoms with Crippen LogP contribution >= 0.6 is 0 Å². The number of likely N-dealkylation sites (tertiary alicyclic amines) is 1. The summed E-state index contributed by atoms with van der Waals surface area (Å²) in [6.07, 6.45) is 3.63. The van der Waals surface area contributed by atoms with Crippen molar-refractivity contribution in [3.05, 3.63) is 48.2 Å². The number of aryl methyl sites for hydroxylation is 1. The van der Waals surface area contributed by atoms with E-state index in [0.29, 0.717) is 5.69 Å². The van der Waals surface area contributed by atoms with Crippen molar-refractivity contribution in [1.82, 2.24) is 19.4 Å². The molecule has 0 unspecified atom stereocenters. The fraction of sp³-hybridized carbons (Fsp3) is 0.458. The quantitative estimate of drug-likeness (QED) is 0.637. The number of carbonyl (C=O) groups is 1. The number of alkyl halides is 1. The molecule has 3 aromatic rings. The largest absolute Gasteiger partial charge is 0.331 e. The van der Waals surface area contributed by atoms with Gasteiger partial charge in [-0.15, -0.1) is 0 Å². The van der Waals surface area contributed by atoms with Crippen molar-refractivity contribution < 1.29 is 9.18 Å². The number of hydrogen-bond acceptors (Lipinski definition) is 4. The van der Waals surface area contributed by atoms with Gasteiger partial charge in [-0.3, -0.25) is 14.7 Å². The standard InChI is InChI=1S/C24H29FN4O/c1-16-26-12-21(28(16)5)17-6-7-18-11-27-20(9-19(18)8-17)10-22(30)24(25)14-29(15-24)13-23(2,3)4/h6-9,11-12H,10,13-15H2,1-5H3. The van der Waals surface area contributed by atoms with Crippen molar-refractivity contribution >= 4 is 16.6 Å². The topological polar surface area (TPSA) is 51.0 Å². The summed E-state index contributed by atoms with van der Waals surface area (Å²) in [4.78, 5) is 23.4. The highest BCUT2D eigenvalue weighted by Crippen LogP contribution is 2.31. The molecule has 3 heterocycles. The zero-order chi connectivity index (χ0) is 21.7. The number of pyridine rings is 1. The number of halogens is 1. The van der Waals surface area contributed by atoms with Crippen LogP contribution in [0.3, 0.4) is 0 Å². The first-order chi connectivity index (χ1) is 14.0. The molecule has 1 aliphatic rings. The molecule has 1 saturated heterocycles. The van der Waals surface area contributed by atoms with Gasteiger partial charge < -0.3 is 4.57 Å². The average Bonchev–Trinajstić information content (AvgIpc) is 2.97. The van der Waals surface area contributed by atoms with E-state index in [1.54, 1.807) is 6.20 Å². The number of carbonyl (C=O) groups excluding carboxylic acids is 1. The van der Waals surface area contributed by atoms with E-state index in [9.17, 15) is 4.79 Å². The maximum absolute atomic E-state index is 15.0. The second kappa shape index (κ2) is 7.27. The summed E-state index contributed by atoms with van der Waals surface area (Å²) in [5.74, 6) is 0.568. The van der Waals surface area contributed by atoms with Crippen molar-refractivity contribution in [1.29, 1.82) is 0 Å². The van der Waals surface area contributed by atoms with Gasteiger partial charge in [0, 0.05) is 49.5 Å². The summed E-state index contributed by atoms with van der Waals surface area (Å²) >= 11 is 0. The van der Waals surface area contributed by atoms with Gasteiger partial charge in [0.1, 0.15) is 5.82 Å². The number of Topliss-reactive ketones (excluding diaryl/α,β-unsaturated/α-hetero) is 1. The lowest BCUT2D eigenvalue weighted by atomic mass is 9.85. The molecule has 0 radical (unpaired) electrons. The minimum atomic E-state index is -1.75. The van der Waals surface area contributed by atoms with Crippen LogP contribution in [0.1, 0.15) is 32.3 Å². The zero-order valence-corrected chi connectivity index (χ0v) is 18.4. The summed E-state index contributed by atoms with van der Waals surface area (Å²) in [6, 6.07) is 8.02. The van der Waals surface area contributed by atoms with E-state index < -0.39 is 5.67 Å². The van der Waals surface area contributed by atoms with E-state index in [-0.39, 0.29) is 30.7 Å². The molecule has 158 valence electrons. The molecular weight excluding hydrogens is 379 g/mol. The van der Waals surface area contributed by atoms with Crippen LogP contribution in [0.15, 0.2) is 36.7 Å². The molecular formula is C24H29FN4O. The van der Waals surface area contributed by atoms with E-state index in [1.807, 2.05) is 47.8 Å². The molecule has 1 aromatic carbocycles. The van der Waals surface area contributed by atoms with E-state index in [4.69, 9.17) is 0 Å². The first kappa shape index (κ1) is 20.7. The highest BCUT2D eigenvalue weighted by atomic mass is 19.1. The van der Waals surface area contributed by atoms with Gasteiger partial charge in [0.05, 0.1) is 18.3 Å². The van der Waals surface area contributed by atoms with Gasteiger partial charge in [0.2, 0.25) is 0 Å². The fourth-order valence-corrected chi connectivity index (χ4v) is 4.16. The lowest BCUT2D eigenvalue weighted by molar-refractivity contribution is -0.143. The Hall–Kier alpha value is -2.60. The molecule has 0 N–H and O–H groups in total. The Morgan fingerprint density at radius 3 is 2.50 bits per heavy atom.